The monoisotopic (exact) mass is 392 g/mol. The van der Waals surface area contributed by atoms with Crippen molar-refractivity contribution < 1.29 is 4.79 Å². The molecule has 29 heavy (non-hydrogen) atoms. The first-order valence-corrected chi connectivity index (χ1v) is 11.0. The van der Waals surface area contributed by atoms with Crippen LogP contribution in [0.5, 0.6) is 0 Å². The highest BCUT2D eigenvalue weighted by atomic mass is 16.2. The first-order valence-electron chi connectivity index (χ1n) is 11.0. The summed E-state index contributed by atoms with van der Waals surface area (Å²) < 4.78 is 0. The quantitative estimate of drug-likeness (QED) is 0.616. The second-order valence-electron chi connectivity index (χ2n) is 8.36. The molecule has 1 aliphatic carbocycles. The molecule has 1 amide bonds. The Morgan fingerprint density at radius 1 is 1.07 bits per heavy atom. The van der Waals surface area contributed by atoms with Crippen molar-refractivity contribution in [3.05, 3.63) is 48.0 Å². The van der Waals surface area contributed by atoms with Crippen LogP contribution in [-0.2, 0) is 11.3 Å². The maximum atomic E-state index is 12.8. The van der Waals surface area contributed by atoms with E-state index in [2.05, 4.69) is 63.0 Å². The third kappa shape index (κ3) is 4.89. The van der Waals surface area contributed by atoms with Gasteiger partial charge >= 0.3 is 0 Å². The van der Waals surface area contributed by atoms with Crippen LogP contribution in [0.2, 0.25) is 0 Å². The average molecular weight is 393 g/mol. The second kappa shape index (κ2) is 9.29. The van der Waals surface area contributed by atoms with Crippen molar-refractivity contribution in [2.24, 2.45) is 10.9 Å². The Labute approximate surface area is 173 Å². The van der Waals surface area contributed by atoms with Gasteiger partial charge in [-0.2, -0.15) is 0 Å². The predicted molar refractivity (Wildman–Crippen MR) is 119 cm³/mol. The van der Waals surface area contributed by atoms with Gasteiger partial charge in [0.1, 0.15) is 0 Å². The van der Waals surface area contributed by atoms with E-state index < -0.39 is 0 Å². The van der Waals surface area contributed by atoms with Crippen LogP contribution >= 0.6 is 0 Å². The van der Waals surface area contributed by atoms with E-state index >= 15 is 0 Å². The maximum Gasteiger partial charge on any atom is 0.225 e. The van der Waals surface area contributed by atoms with Gasteiger partial charge in [-0.15, -0.1) is 0 Å². The fourth-order valence-electron chi connectivity index (χ4n) is 4.61. The van der Waals surface area contributed by atoms with E-state index in [1.165, 1.54) is 35.6 Å². The number of hydrogen-bond donors (Lipinski definition) is 2. The largest absolute Gasteiger partial charge is 0.352 e. The zero-order valence-corrected chi connectivity index (χ0v) is 17.4. The van der Waals surface area contributed by atoms with Gasteiger partial charge in [0.25, 0.3) is 0 Å². The van der Waals surface area contributed by atoms with Crippen LogP contribution in [-0.4, -0.2) is 42.9 Å². The van der Waals surface area contributed by atoms with Crippen molar-refractivity contribution in [3.8, 4) is 0 Å². The smallest absolute Gasteiger partial charge is 0.225 e. The first-order chi connectivity index (χ1) is 14.2. The fraction of sp³-hybridized carbons (Fsp3) is 0.500. The summed E-state index contributed by atoms with van der Waals surface area (Å²) in [6.07, 6.45) is 6.82. The number of aliphatic imine (C=N–C) groups is 1. The summed E-state index contributed by atoms with van der Waals surface area (Å²) in [6.45, 7) is 2.36. The van der Waals surface area contributed by atoms with Crippen LogP contribution in [0.15, 0.2) is 47.5 Å². The number of amides is 1. The standard InChI is InChI=1S/C24H32N4O/c1-25-24(26-16-18-11-12-19-7-5-6-10-21(19)15-18)27-22-13-14-28(17-22)23(29)20-8-3-2-4-9-20/h5-7,10-12,15,20,22H,2-4,8-9,13-14,16-17H2,1H3,(H2,25,26,27). The molecule has 5 nitrogen and oxygen atoms in total. The minimum absolute atomic E-state index is 0.257. The Balaban J connectivity index is 1.28. The van der Waals surface area contributed by atoms with E-state index in [1.807, 2.05) is 0 Å². The van der Waals surface area contributed by atoms with Gasteiger partial charge in [0, 0.05) is 38.6 Å². The van der Waals surface area contributed by atoms with E-state index in [4.69, 9.17) is 0 Å². The van der Waals surface area contributed by atoms with E-state index in [-0.39, 0.29) is 12.0 Å². The molecule has 4 rings (SSSR count). The molecule has 0 spiro atoms. The number of carbonyl (C=O) groups excluding carboxylic acids is 1. The number of benzene rings is 2. The molecule has 2 fully saturated rings. The molecule has 1 saturated heterocycles. The third-order valence-electron chi connectivity index (χ3n) is 6.29. The topological polar surface area (TPSA) is 56.7 Å². The second-order valence-corrected chi connectivity index (χ2v) is 8.36. The summed E-state index contributed by atoms with van der Waals surface area (Å²) in [5.74, 6) is 1.43. The maximum absolute atomic E-state index is 12.8. The molecule has 0 bridgehead atoms. The lowest BCUT2D eigenvalue weighted by Crippen LogP contribution is -2.45. The Hall–Kier alpha value is -2.56. The van der Waals surface area contributed by atoms with Gasteiger partial charge in [0.2, 0.25) is 5.91 Å². The summed E-state index contributed by atoms with van der Waals surface area (Å²) in [7, 11) is 1.80. The molecule has 1 aliphatic heterocycles. The highest BCUT2D eigenvalue weighted by Gasteiger charge is 2.31. The minimum atomic E-state index is 0.257. The molecular weight excluding hydrogens is 360 g/mol. The molecule has 1 unspecified atom stereocenters. The Bertz CT molecular complexity index is 872. The van der Waals surface area contributed by atoms with Crippen molar-refractivity contribution in [1.29, 1.82) is 0 Å². The first kappa shape index (κ1) is 19.7. The molecule has 1 saturated carbocycles. The van der Waals surface area contributed by atoms with Gasteiger partial charge < -0.3 is 15.5 Å². The zero-order chi connectivity index (χ0) is 20.1. The van der Waals surface area contributed by atoms with E-state index in [1.54, 1.807) is 7.05 Å². The van der Waals surface area contributed by atoms with Gasteiger partial charge in [0.05, 0.1) is 0 Å². The Morgan fingerprint density at radius 3 is 2.66 bits per heavy atom. The number of carbonyl (C=O) groups is 1. The van der Waals surface area contributed by atoms with Gasteiger partial charge in [0.15, 0.2) is 5.96 Å². The molecule has 2 aromatic carbocycles. The van der Waals surface area contributed by atoms with Crippen LogP contribution in [0.4, 0.5) is 0 Å². The van der Waals surface area contributed by atoms with E-state index in [0.29, 0.717) is 5.91 Å². The van der Waals surface area contributed by atoms with Crippen LogP contribution in [0.25, 0.3) is 10.8 Å². The number of nitrogens with zero attached hydrogens (tertiary/aromatic N) is 2. The SMILES string of the molecule is CN=C(NCc1ccc2ccccc2c1)NC1CCN(C(=O)C2CCCCC2)C1. The molecular formula is C24H32N4O. The lowest BCUT2D eigenvalue weighted by atomic mass is 9.88. The van der Waals surface area contributed by atoms with Crippen molar-refractivity contribution in [2.45, 2.75) is 51.1 Å². The minimum Gasteiger partial charge on any atom is -0.352 e. The number of fused-ring (bicyclic) bond motifs is 1. The van der Waals surface area contributed by atoms with Crippen molar-refractivity contribution in [2.75, 3.05) is 20.1 Å². The molecule has 1 heterocycles. The summed E-state index contributed by atoms with van der Waals surface area (Å²) in [5.41, 5.74) is 1.23. The van der Waals surface area contributed by atoms with Gasteiger partial charge in [-0.1, -0.05) is 55.7 Å². The van der Waals surface area contributed by atoms with Gasteiger partial charge in [-0.3, -0.25) is 9.79 Å². The Morgan fingerprint density at radius 2 is 1.86 bits per heavy atom. The highest BCUT2D eigenvalue weighted by molar-refractivity contribution is 5.84. The summed E-state index contributed by atoms with van der Waals surface area (Å²) in [6, 6.07) is 15.2. The zero-order valence-electron chi connectivity index (χ0n) is 17.4. The van der Waals surface area contributed by atoms with Crippen LogP contribution < -0.4 is 10.6 Å². The number of guanidine groups is 1. The lowest BCUT2D eigenvalue weighted by Gasteiger charge is -2.26. The van der Waals surface area contributed by atoms with Crippen LogP contribution in [0, 0.1) is 5.92 Å². The van der Waals surface area contributed by atoms with Crippen LogP contribution in [0.1, 0.15) is 44.1 Å². The van der Waals surface area contributed by atoms with Crippen molar-refractivity contribution in [1.82, 2.24) is 15.5 Å². The van der Waals surface area contributed by atoms with Crippen molar-refractivity contribution >= 4 is 22.6 Å². The third-order valence-corrected chi connectivity index (χ3v) is 6.29. The summed E-state index contributed by atoms with van der Waals surface area (Å²) in [5, 5.41) is 9.44. The normalized spacial score (nSPS) is 20.8. The van der Waals surface area contributed by atoms with Gasteiger partial charge in [-0.05, 0) is 41.7 Å². The van der Waals surface area contributed by atoms with E-state index in [9.17, 15) is 4.79 Å². The summed E-state index contributed by atoms with van der Waals surface area (Å²) in [4.78, 5) is 19.2. The number of hydrogen-bond acceptors (Lipinski definition) is 2. The number of nitrogens with one attached hydrogen (secondary N) is 2. The molecule has 2 N–H and O–H groups in total. The fourth-order valence-corrected chi connectivity index (χ4v) is 4.61. The summed E-state index contributed by atoms with van der Waals surface area (Å²) >= 11 is 0. The van der Waals surface area contributed by atoms with Crippen LogP contribution in [0.3, 0.4) is 0 Å². The molecule has 1 atom stereocenters. The molecule has 5 heteroatoms. The molecule has 2 aromatic rings. The highest BCUT2D eigenvalue weighted by Crippen LogP contribution is 2.26. The van der Waals surface area contributed by atoms with E-state index in [0.717, 1.165) is 44.9 Å². The molecule has 0 aromatic heterocycles. The van der Waals surface area contributed by atoms with Crippen molar-refractivity contribution in [3.63, 3.8) is 0 Å². The molecule has 0 radical (unpaired) electrons. The molecule has 2 aliphatic rings. The predicted octanol–water partition coefficient (Wildman–Crippen LogP) is 3.69. The average Bonchev–Trinajstić information content (AvgIpc) is 3.25. The molecule has 154 valence electrons. The lowest BCUT2D eigenvalue weighted by molar-refractivity contribution is -0.135. The number of rotatable bonds is 4. The number of likely N-dealkylation sites (tertiary alicyclic amines) is 1. The van der Waals surface area contributed by atoms with Gasteiger partial charge in [-0.25, -0.2) is 0 Å². The Kier molecular flexibility index (Phi) is 6.33.